The van der Waals surface area contributed by atoms with Crippen molar-refractivity contribution in [3.8, 4) is 5.75 Å². The summed E-state index contributed by atoms with van der Waals surface area (Å²) in [6, 6.07) is 3.83. The van der Waals surface area contributed by atoms with E-state index in [2.05, 4.69) is 27.7 Å². The summed E-state index contributed by atoms with van der Waals surface area (Å²) in [4.78, 5) is 0. The monoisotopic (exact) mass is 192 g/mol. The highest BCUT2D eigenvalue weighted by molar-refractivity contribution is 5.46. The molecule has 1 nitrogen and oxygen atoms in total. The molecule has 0 fully saturated rings. The predicted molar refractivity (Wildman–Crippen MR) is 60.9 cm³/mol. The Hall–Kier alpha value is -0.980. The molecule has 0 radical (unpaired) electrons. The van der Waals surface area contributed by atoms with Crippen molar-refractivity contribution in [2.45, 2.75) is 46.5 Å². The zero-order valence-electron chi connectivity index (χ0n) is 9.81. The Kier molecular flexibility index (Phi) is 2.89. The smallest absolute Gasteiger partial charge is 0.118 e. The van der Waals surface area contributed by atoms with Crippen LogP contribution in [0.2, 0.25) is 0 Å². The van der Waals surface area contributed by atoms with E-state index in [-0.39, 0.29) is 5.41 Å². The van der Waals surface area contributed by atoms with Crippen molar-refractivity contribution in [1.29, 1.82) is 0 Å². The lowest BCUT2D eigenvalue weighted by Gasteiger charge is -2.25. The van der Waals surface area contributed by atoms with Crippen LogP contribution in [0.3, 0.4) is 0 Å². The normalized spacial score (nSPS) is 11.8. The quantitative estimate of drug-likeness (QED) is 0.721. The minimum Gasteiger partial charge on any atom is -0.508 e. The van der Waals surface area contributed by atoms with Gasteiger partial charge in [-0.2, -0.15) is 0 Å². The molecule has 0 spiro atoms. The molecule has 0 aliphatic rings. The summed E-state index contributed by atoms with van der Waals surface area (Å²) in [5.74, 6) is 0.409. The van der Waals surface area contributed by atoms with Gasteiger partial charge in [-0.1, -0.05) is 33.8 Å². The largest absolute Gasteiger partial charge is 0.508 e. The number of hydrogen-bond acceptors (Lipinski definition) is 1. The highest BCUT2D eigenvalue weighted by Crippen LogP contribution is 2.33. The van der Waals surface area contributed by atoms with Gasteiger partial charge < -0.3 is 5.11 Å². The van der Waals surface area contributed by atoms with Gasteiger partial charge >= 0.3 is 0 Å². The molecule has 0 aliphatic heterocycles. The summed E-state index contributed by atoms with van der Waals surface area (Å²) in [6.07, 6.45) is 1.02. The molecule has 0 saturated heterocycles. The van der Waals surface area contributed by atoms with Crippen LogP contribution in [-0.4, -0.2) is 5.11 Å². The van der Waals surface area contributed by atoms with Crippen LogP contribution < -0.4 is 0 Å². The van der Waals surface area contributed by atoms with Gasteiger partial charge in [0.1, 0.15) is 5.75 Å². The molecule has 0 aromatic heterocycles. The van der Waals surface area contributed by atoms with Crippen LogP contribution >= 0.6 is 0 Å². The van der Waals surface area contributed by atoms with Gasteiger partial charge in [-0.05, 0) is 41.5 Å². The molecule has 1 aromatic carbocycles. The molecule has 0 aliphatic carbocycles. The van der Waals surface area contributed by atoms with Crippen LogP contribution in [0.4, 0.5) is 0 Å². The minimum atomic E-state index is 0.105. The Morgan fingerprint density at radius 3 is 2.21 bits per heavy atom. The fraction of sp³-hybridized carbons (Fsp3) is 0.538. The van der Waals surface area contributed by atoms with Gasteiger partial charge in [0.2, 0.25) is 0 Å². The van der Waals surface area contributed by atoms with E-state index in [1.807, 2.05) is 13.0 Å². The molecular weight excluding hydrogens is 172 g/mol. The zero-order chi connectivity index (χ0) is 10.9. The molecule has 78 valence electrons. The summed E-state index contributed by atoms with van der Waals surface area (Å²) in [7, 11) is 0. The second-order valence-corrected chi connectivity index (χ2v) is 4.85. The van der Waals surface area contributed by atoms with E-state index in [9.17, 15) is 5.11 Å². The molecular formula is C13H20O. The van der Waals surface area contributed by atoms with Crippen LogP contribution in [0.1, 0.15) is 44.4 Å². The van der Waals surface area contributed by atoms with Crippen molar-refractivity contribution in [3.63, 3.8) is 0 Å². The molecule has 1 rings (SSSR count). The Bertz CT molecular complexity index is 332. The van der Waals surface area contributed by atoms with Gasteiger partial charge in [-0.25, -0.2) is 0 Å². The molecule has 0 unspecified atom stereocenters. The van der Waals surface area contributed by atoms with E-state index in [1.54, 1.807) is 6.07 Å². The third kappa shape index (κ3) is 1.92. The van der Waals surface area contributed by atoms with Crippen LogP contribution in [0, 0.1) is 6.92 Å². The maximum Gasteiger partial charge on any atom is 0.118 e. The summed E-state index contributed by atoms with van der Waals surface area (Å²) in [5, 5.41) is 9.68. The van der Waals surface area contributed by atoms with Crippen molar-refractivity contribution in [2.75, 3.05) is 0 Å². The first kappa shape index (κ1) is 11.1. The minimum absolute atomic E-state index is 0.105. The van der Waals surface area contributed by atoms with Gasteiger partial charge in [-0.15, -0.1) is 0 Å². The molecule has 1 heteroatoms. The van der Waals surface area contributed by atoms with E-state index < -0.39 is 0 Å². The topological polar surface area (TPSA) is 20.2 Å². The predicted octanol–water partition coefficient (Wildman–Crippen LogP) is 3.56. The third-order valence-corrected chi connectivity index (χ3v) is 2.65. The highest BCUT2D eigenvalue weighted by Gasteiger charge is 2.20. The maximum atomic E-state index is 9.68. The first-order chi connectivity index (χ1) is 6.38. The van der Waals surface area contributed by atoms with Gasteiger partial charge in [0.05, 0.1) is 0 Å². The standard InChI is InChI=1S/C13H20O/c1-6-10-7-8-11(14)9(2)12(10)13(3,4)5/h7-8,14H,6H2,1-5H3. The molecule has 0 bridgehead atoms. The van der Waals surface area contributed by atoms with Gasteiger partial charge in [-0.3, -0.25) is 0 Å². The number of phenols is 1. The first-order valence-corrected chi connectivity index (χ1v) is 5.19. The third-order valence-electron chi connectivity index (χ3n) is 2.65. The first-order valence-electron chi connectivity index (χ1n) is 5.19. The summed E-state index contributed by atoms with van der Waals surface area (Å²) >= 11 is 0. The average Bonchev–Trinajstić information content (AvgIpc) is 2.07. The second kappa shape index (κ2) is 3.64. The lowest BCUT2D eigenvalue weighted by molar-refractivity contribution is 0.464. The Labute approximate surface area is 86.8 Å². The number of aromatic hydroxyl groups is 1. The molecule has 0 atom stereocenters. The molecule has 1 aromatic rings. The van der Waals surface area contributed by atoms with Crippen LogP contribution in [0.5, 0.6) is 5.75 Å². The second-order valence-electron chi connectivity index (χ2n) is 4.85. The SMILES string of the molecule is CCc1ccc(O)c(C)c1C(C)(C)C. The Morgan fingerprint density at radius 2 is 1.79 bits per heavy atom. The van der Waals surface area contributed by atoms with E-state index in [0.717, 1.165) is 12.0 Å². The number of benzene rings is 1. The lowest BCUT2D eigenvalue weighted by atomic mass is 9.80. The molecule has 0 saturated carbocycles. The van der Waals surface area contributed by atoms with Crippen molar-refractivity contribution < 1.29 is 5.11 Å². The van der Waals surface area contributed by atoms with Crippen molar-refractivity contribution in [2.24, 2.45) is 0 Å². The number of rotatable bonds is 1. The van der Waals surface area contributed by atoms with E-state index in [4.69, 9.17) is 0 Å². The molecule has 1 N–H and O–H groups in total. The lowest BCUT2D eigenvalue weighted by Crippen LogP contribution is -2.16. The fourth-order valence-electron chi connectivity index (χ4n) is 2.10. The number of hydrogen-bond donors (Lipinski definition) is 1. The number of phenolic OH excluding ortho intramolecular Hbond substituents is 1. The van der Waals surface area contributed by atoms with Gasteiger partial charge in [0.15, 0.2) is 0 Å². The highest BCUT2D eigenvalue weighted by atomic mass is 16.3. The molecule has 14 heavy (non-hydrogen) atoms. The Balaban J connectivity index is 3.44. The Morgan fingerprint density at radius 1 is 1.21 bits per heavy atom. The van der Waals surface area contributed by atoms with Crippen LogP contribution in [0.15, 0.2) is 12.1 Å². The fourth-order valence-corrected chi connectivity index (χ4v) is 2.10. The molecule has 0 amide bonds. The average molecular weight is 192 g/mol. The van der Waals surface area contributed by atoms with E-state index in [1.165, 1.54) is 11.1 Å². The van der Waals surface area contributed by atoms with Gasteiger partial charge in [0, 0.05) is 0 Å². The summed E-state index contributed by atoms with van der Waals surface area (Å²) in [5.41, 5.74) is 3.76. The summed E-state index contributed by atoms with van der Waals surface area (Å²) in [6.45, 7) is 10.7. The van der Waals surface area contributed by atoms with Crippen molar-refractivity contribution >= 4 is 0 Å². The van der Waals surface area contributed by atoms with Gasteiger partial charge in [0.25, 0.3) is 0 Å². The zero-order valence-corrected chi connectivity index (χ0v) is 9.81. The van der Waals surface area contributed by atoms with Crippen LogP contribution in [-0.2, 0) is 11.8 Å². The van der Waals surface area contributed by atoms with Crippen molar-refractivity contribution in [1.82, 2.24) is 0 Å². The molecule has 0 heterocycles. The maximum absolute atomic E-state index is 9.68. The van der Waals surface area contributed by atoms with Crippen LogP contribution in [0.25, 0.3) is 0 Å². The number of aryl methyl sites for hydroxylation is 1. The van der Waals surface area contributed by atoms with Crippen molar-refractivity contribution in [3.05, 3.63) is 28.8 Å². The van der Waals surface area contributed by atoms with E-state index >= 15 is 0 Å². The summed E-state index contributed by atoms with van der Waals surface area (Å²) < 4.78 is 0. The van der Waals surface area contributed by atoms with E-state index in [0.29, 0.717) is 5.75 Å².